The summed E-state index contributed by atoms with van der Waals surface area (Å²) in [6.45, 7) is 0. The first-order valence-corrected chi connectivity index (χ1v) is 3.60. The van der Waals surface area contributed by atoms with Gasteiger partial charge in [-0.25, -0.2) is 4.21 Å². The zero-order chi connectivity index (χ0) is 9.56. The molecule has 0 aliphatic carbocycles. The molecule has 0 spiro atoms. The zero-order valence-corrected chi connectivity index (χ0v) is 12.4. The summed E-state index contributed by atoms with van der Waals surface area (Å²) in [5, 5.41) is 9.86. The summed E-state index contributed by atoms with van der Waals surface area (Å²) in [4.78, 5) is 9.86. The standard InChI is InChI=1S/C5H4O3.2Na.H2O3S/c6-5(7)4-2-1-3-8-4;;;1-4(2)3/h1-3H,(H,6,7);;;(H2,1,2,3)/q;2*+1;/p-2. The van der Waals surface area contributed by atoms with E-state index in [1.165, 1.54) is 18.4 Å². The van der Waals surface area contributed by atoms with Crippen LogP contribution in [0.25, 0.3) is 0 Å². The molecular weight excluding hydrogens is 234 g/mol. The molecule has 1 heterocycles. The second kappa shape index (κ2) is 11.9. The van der Waals surface area contributed by atoms with Crippen molar-refractivity contribution in [3.8, 4) is 0 Å². The summed E-state index contributed by atoms with van der Waals surface area (Å²) in [6, 6.07) is 2.82. The summed E-state index contributed by atoms with van der Waals surface area (Å²) in [6.07, 6.45) is 1.28. The largest absolute Gasteiger partial charge is 1.00 e. The topological polar surface area (TPSA) is 114 Å². The number of carboxylic acids is 1. The van der Waals surface area contributed by atoms with E-state index in [1.54, 1.807) is 0 Å². The molecule has 0 fully saturated rings. The Balaban J connectivity index is -0.000000180. The molecule has 0 aromatic carbocycles. The molecular formula is C5H4Na2O6S. The van der Waals surface area contributed by atoms with E-state index < -0.39 is 17.3 Å². The number of carbonyl (C=O) groups is 1. The molecule has 6 nitrogen and oxygen atoms in total. The Morgan fingerprint density at radius 3 is 2.07 bits per heavy atom. The number of carbonyl (C=O) groups excluding carboxylic acids is 1. The van der Waals surface area contributed by atoms with Gasteiger partial charge < -0.3 is 23.4 Å². The molecule has 1 unspecified atom stereocenters. The van der Waals surface area contributed by atoms with Crippen LogP contribution in [-0.4, -0.2) is 19.3 Å². The fourth-order valence-corrected chi connectivity index (χ4v) is 0.395. The van der Waals surface area contributed by atoms with E-state index in [4.69, 9.17) is 13.3 Å². The van der Waals surface area contributed by atoms with Crippen LogP contribution >= 0.6 is 0 Å². The van der Waals surface area contributed by atoms with E-state index in [2.05, 4.69) is 4.42 Å². The minimum absolute atomic E-state index is 0. The van der Waals surface area contributed by atoms with Gasteiger partial charge in [0.05, 0.1) is 17.6 Å². The molecule has 0 radical (unpaired) electrons. The van der Waals surface area contributed by atoms with Crippen LogP contribution in [0.5, 0.6) is 0 Å². The number of rotatable bonds is 1. The zero-order valence-electron chi connectivity index (χ0n) is 7.63. The maximum absolute atomic E-state index is 9.86. The summed E-state index contributed by atoms with van der Waals surface area (Å²) in [5.74, 6) is -1.42. The Kier molecular flexibility index (Phi) is 17.2. The maximum atomic E-state index is 9.86. The number of furan rings is 1. The normalized spacial score (nSPS) is 9.57. The smallest absolute Gasteiger partial charge is 0.750 e. The van der Waals surface area contributed by atoms with Gasteiger partial charge in [0.1, 0.15) is 11.7 Å². The average Bonchev–Trinajstić information content (AvgIpc) is 2.34. The van der Waals surface area contributed by atoms with E-state index in [0.717, 1.165) is 0 Å². The van der Waals surface area contributed by atoms with Crippen molar-refractivity contribution >= 4 is 17.3 Å². The van der Waals surface area contributed by atoms with Gasteiger partial charge in [0, 0.05) is 0 Å². The van der Waals surface area contributed by atoms with Crippen LogP contribution in [0.1, 0.15) is 10.6 Å². The Labute approximate surface area is 127 Å². The molecule has 0 aliphatic rings. The van der Waals surface area contributed by atoms with Crippen molar-refractivity contribution in [3.05, 3.63) is 24.2 Å². The van der Waals surface area contributed by atoms with Crippen molar-refractivity contribution < 1.29 is 86.7 Å². The number of aromatic carboxylic acids is 1. The van der Waals surface area contributed by atoms with Crippen LogP contribution in [0.15, 0.2) is 22.8 Å². The summed E-state index contributed by atoms with van der Waals surface area (Å²) in [5.41, 5.74) is 0. The molecule has 1 rings (SSSR count). The predicted molar refractivity (Wildman–Crippen MR) is 34.6 cm³/mol. The minimum atomic E-state index is -2.86. The van der Waals surface area contributed by atoms with Gasteiger partial charge in [0.15, 0.2) is 0 Å². The monoisotopic (exact) mass is 238 g/mol. The summed E-state index contributed by atoms with van der Waals surface area (Å²) < 4.78 is 28.5. The van der Waals surface area contributed by atoms with E-state index >= 15 is 0 Å². The van der Waals surface area contributed by atoms with Gasteiger partial charge in [-0.15, -0.1) is 0 Å². The number of hydrogen-bond donors (Lipinski definition) is 1. The fourth-order valence-electron chi connectivity index (χ4n) is 0.395. The maximum Gasteiger partial charge on any atom is 1.00 e. The van der Waals surface area contributed by atoms with Crippen molar-refractivity contribution in [1.29, 1.82) is 0 Å². The molecule has 0 aliphatic heterocycles. The molecule has 0 amide bonds. The second-order valence-electron chi connectivity index (χ2n) is 1.48. The van der Waals surface area contributed by atoms with Crippen molar-refractivity contribution in [2.75, 3.05) is 0 Å². The minimum Gasteiger partial charge on any atom is -0.750 e. The molecule has 14 heavy (non-hydrogen) atoms. The Morgan fingerprint density at radius 1 is 1.50 bits per heavy atom. The molecule has 1 atom stereocenters. The summed E-state index contributed by atoms with van der Waals surface area (Å²) in [7, 11) is 0. The third-order valence-electron chi connectivity index (χ3n) is 0.722. The van der Waals surface area contributed by atoms with Crippen LogP contribution in [0.4, 0.5) is 0 Å². The molecule has 0 bridgehead atoms. The second-order valence-corrected chi connectivity index (χ2v) is 1.92. The van der Waals surface area contributed by atoms with E-state index in [1.807, 2.05) is 0 Å². The molecule has 0 saturated carbocycles. The number of hydrogen-bond acceptors (Lipinski definition) is 5. The van der Waals surface area contributed by atoms with Gasteiger partial charge in [-0.2, -0.15) is 0 Å². The van der Waals surface area contributed by atoms with Gasteiger partial charge in [0.25, 0.3) is 0 Å². The molecule has 1 aromatic rings. The van der Waals surface area contributed by atoms with Crippen LogP contribution in [0.2, 0.25) is 0 Å². The van der Waals surface area contributed by atoms with Crippen LogP contribution in [-0.2, 0) is 11.4 Å². The average molecular weight is 238 g/mol. The van der Waals surface area contributed by atoms with Gasteiger partial charge in [-0.1, -0.05) is 0 Å². The van der Waals surface area contributed by atoms with Crippen molar-refractivity contribution in [1.82, 2.24) is 0 Å². The van der Waals surface area contributed by atoms with Gasteiger partial charge in [-0.05, 0) is 12.1 Å². The first-order valence-electron chi connectivity index (χ1n) is 2.57. The van der Waals surface area contributed by atoms with Crippen LogP contribution < -0.4 is 64.2 Å². The SMILES string of the molecule is O=C([O-])c1ccco1.O=S([O-])O.[Na+].[Na+]. The molecule has 0 saturated heterocycles. The quantitative estimate of drug-likeness (QED) is 0.384. The van der Waals surface area contributed by atoms with Crippen LogP contribution in [0, 0.1) is 0 Å². The van der Waals surface area contributed by atoms with Gasteiger partial charge >= 0.3 is 59.1 Å². The van der Waals surface area contributed by atoms with Crippen LogP contribution in [0.3, 0.4) is 0 Å². The van der Waals surface area contributed by atoms with E-state index in [0.29, 0.717) is 0 Å². The van der Waals surface area contributed by atoms with Gasteiger partial charge in [0.2, 0.25) is 0 Å². The predicted octanol–water partition coefficient (Wildman–Crippen LogP) is -7.01. The first kappa shape index (κ1) is 20.3. The van der Waals surface area contributed by atoms with Crippen molar-refractivity contribution in [2.45, 2.75) is 0 Å². The van der Waals surface area contributed by atoms with Gasteiger partial charge in [-0.3, -0.25) is 0 Å². The molecule has 9 heteroatoms. The Hall–Kier alpha value is 0.820. The third kappa shape index (κ3) is 12.8. The summed E-state index contributed by atoms with van der Waals surface area (Å²) >= 11 is -2.86. The van der Waals surface area contributed by atoms with E-state index in [9.17, 15) is 9.90 Å². The number of carboxylic acid groups (broad SMARTS) is 1. The Morgan fingerprint density at radius 2 is 1.93 bits per heavy atom. The third-order valence-corrected chi connectivity index (χ3v) is 0.722. The Bertz CT molecular complexity index is 257. The van der Waals surface area contributed by atoms with Crippen molar-refractivity contribution in [3.63, 3.8) is 0 Å². The molecule has 68 valence electrons. The van der Waals surface area contributed by atoms with E-state index in [-0.39, 0.29) is 64.9 Å². The van der Waals surface area contributed by atoms with Crippen molar-refractivity contribution in [2.24, 2.45) is 0 Å². The molecule has 1 aromatic heterocycles. The first-order chi connectivity index (χ1) is 5.54. The molecule has 1 N–H and O–H groups in total. The fraction of sp³-hybridized carbons (Fsp3) is 0.